The lowest BCUT2D eigenvalue weighted by Crippen LogP contribution is -2.09. The Balaban J connectivity index is 1.94. The molecular weight excluding hydrogens is 216 g/mol. The van der Waals surface area contributed by atoms with E-state index in [1.54, 1.807) is 12.1 Å². The van der Waals surface area contributed by atoms with Crippen LogP contribution >= 0.6 is 0 Å². The van der Waals surface area contributed by atoms with Gasteiger partial charge in [0.25, 0.3) is 0 Å². The van der Waals surface area contributed by atoms with Crippen LogP contribution in [0.4, 0.5) is 0 Å². The standard InChI is InChI=1S/C13H18N2O2/c14-7-3-5-11-9-17-13(15-11)8-10-4-1-2-6-12(10)16/h1-2,4,6,11,16H,3,5,7-9,14H2. The Labute approximate surface area is 101 Å². The average molecular weight is 234 g/mol. The molecule has 0 spiro atoms. The zero-order valence-corrected chi connectivity index (χ0v) is 9.80. The van der Waals surface area contributed by atoms with Crippen molar-refractivity contribution in [1.82, 2.24) is 0 Å². The van der Waals surface area contributed by atoms with E-state index in [2.05, 4.69) is 4.99 Å². The van der Waals surface area contributed by atoms with Crippen LogP contribution in [0.5, 0.6) is 5.75 Å². The summed E-state index contributed by atoms with van der Waals surface area (Å²) >= 11 is 0. The Morgan fingerprint density at radius 3 is 3.00 bits per heavy atom. The van der Waals surface area contributed by atoms with Crippen molar-refractivity contribution in [2.45, 2.75) is 25.3 Å². The van der Waals surface area contributed by atoms with Gasteiger partial charge in [-0.25, -0.2) is 4.99 Å². The summed E-state index contributed by atoms with van der Waals surface area (Å²) in [5.41, 5.74) is 6.31. The quantitative estimate of drug-likeness (QED) is 0.810. The molecule has 1 aliphatic rings. The van der Waals surface area contributed by atoms with E-state index in [9.17, 15) is 5.11 Å². The first-order chi connectivity index (χ1) is 8.29. The average Bonchev–Trinajstić information content (AvgIpc) is 2.77. The van der Waals surface area contributed by atoms with Crippen LogP contribution in [0.2, 0.25) is 0 Å². The number of hydrogen-bond donors (Lipinski definition) is 2. The molecule has 1 atom stereocenters. The minimum absolute atomic E-state index is 0.236. The van der Waals surface area contributed by atoms with E-state index in [1.807, 2.05) is 12.1 Å². The summed E-state index contributed by atoms with van der Waals surface area (Å²) in [6, 6.07) is 7.50. The molecule has 4 nitrogen and oxygen atoms in total. The monoisotopic (exact) mass is 234 g/mol. The van der Waals surface area contributed by atoms with Gasteiger partial charge in [0.2, 0.25) is 0 Å². The molecule has 1 heterocycles. The van der Waals surface area contributed by atoms with Crippen LogP contribution in [0, 0.1) is 0 Å². The third kappa shape index (κ3) is 3.20. The maximum atomic E-state index is 9.65. The van der Waals surface area contributed by atoms with Crippen LogP contribution in [0.15, 0.2) is 29.3 Å². The second-order valence-electron chi connectivity index (χ2n) is 4.22. The smallest absolute Gasteiger partial charge is 0.188 e. The first-order valence-electron chi connectivity index (χ1n) is 5.96. The molecule has 0 aliphatic carbocycles. The minimum Gasteiger partial charge on any atom is -0.508 e. The summed E-state index contributed by atoms with van der Waals surface area (Å²) < 4.78 is 5.52. The van der Waals surface area contributed by atoms with Crippen molar-refractivity contribution in [3.8, 4) is 5.75 Å². The minimum atomic E-state index is 0.236. The van der Waals surface area contributed by atoms with Gasteiger partial charge in [-0.05, 0) is 25.5 Å². The molecule has 0 fully saturated rings. The topological polar surface area (TPSA) is 67.8 Å². The Kier molecular flexibility index (Phi) is 3.98. The normalized spacial score (nSPS) is 18.9. The molecule has 1 aromatic carbocycles. The molecule has 1 aromatic rings. The van der Waals surface area contributed by atoms with Crippen molar-refractivity contribution in [1.29, 1.82) is 0 Å². The van der Waals surface area contributed by atoms with E-state index in [4.69, 9.17) is 10.5 Å². The van der Waals surface area contributed by atoms with Crippen LogP contribution < -0.4 is 5.73 Å². The molecule has 4 heteroatoms. The Morgan fingerprint density at radius 2 is 2.24 bits per heavy atom. The highest BCUT2D eigenvalue weighted by Gasteiger charge is 2.19. The fourth-order valence-corrected chi connectivity index (χ4v) is 1.89. The second kappa shape index (κ2) is 5.68. The van der Waals surface area contributed by atoms with Gasteiger partial charge >= 0.3 is 0 Å². The van der Waals surface area contributed by atoms with Crippen LogP contribution in [0.1, 0.15) is 18.4 Å². The largest absolute Gasteiger partial charge is 0.508 e. The number of nitrogens with zero attached hydrogens (tertiary/aromatic N) is 1. The van der Waals surface area contributed by atoms with E-state index in [-0.39, 0.29) is 6.04 Å². The van der Waals surface area contributed by atoms with Gasteiger partial charge in [0.1, 0.15) is 12.4 Å². The molecule has 1 aliphatic heterocycles. The molecule has 1 unspecified atom stereocenters. The summed E-state index contributed by atoms with van der Waals surface area (Å²) in [5, 5.41) is 9.65. The van der Waals surface area contributed by atoms with Gasteiger partial charge in [0, 0.05) is 5.56 Å². The molecular formula is C13H18N2O2. The summed E-state index contributed by atoms with van der Waals surface area (Å²) in [6.45, 7) is 1.34. The fraction of sp³-hybridized carbons (Fsp3) is 0.462. The number of para-hydroxylation sites is 1. The summed E-state index contributed by atoms with van der Waals surface area (Å²) in [6.07, 6.45) is 2.51. The molecule has 2 rings (SSSR count). The number of rotatable bonds is 5. The number of aliphatic imine (C=N–C) groups is 1. The number of nitrogens with two attached hydrogens (primary N) is 1. The van der Waals surface area contributed by atoms with Crippen LogP contribution in [-0.2, 0) is 11.2 Å². The SMILES string of the molecule is NCCCC1COC(Cc2ccccc2O)=N1. The number of phenolic OH excluding ortho intramolecular Hbond substituents is 1. The summed E-state index contributed by atoms with van der Waals surface area (Å²) in [4.78, 5) is 4.49. The van der Waals surface area contributed by atoms with Gasteiger partial charge in [-0.2, -0.15) is 0 Å². The van der Waals surface area contributed by atoms with Crippen LogP contribution in [0.3, 0.4) is 0 Å². The summed E-state index contributed by atoms with van der Waals surface area (Å²) in [7, 11) is 0. The van der Waals surface area contributed by atoms with Crippen molar-refractivity contribution >= 4 is 5.90 Å². The van der Waals surface area contributed by atoms with Crippen LogP contribution in [-0.4, -0.2) is 30.2 Å². The Hall–Kier alpha value is -1.55. The maximum absolute atomic E-state index is 9.65. The Bertz CT molecular complexity index is 404. The second-order valence-corrected chi connectivity index (χ2v) is 4.22. The van der Waals surface area contributed by atoms with E-state index in [1.165, 1.54) is 0 Å². The molecule has 0 aromatic heterocycles. The summed E-state index contributed by atoms with van der Waals surface area (Å²) in [5.74, 6) is 1.01. The van der Waals surface area contributed by atoms with Gasteiger partial charge in [-0.15, -0.1) is 0 Å². The number of hydrogen-bond acceptors (Lipinski definition) is 4. The molecule has 0 radical (unpaired) electrons. The van der Waals surface area contributed by atoms with E-state index >= 15 is 0 Å². The highest BCUT2D eigenvalue weighted by Crippen LogP contribution is 2.19. The zero-order chi connectivity index (χ0) is 12.1. The zero-order valence-electron chi connectivity index (χ0n) is 9.80. The number of ether oxygens (including phenoxy) is 1. The highest BCUT2D eigenvalue weighted by atomic mass is 16.5. The van der Waals surface area contributed by atoms with Crippen LogP contribution in [0.25, 0.3) is 0 Å². The highest BCUT2D eigenvalue weighted by molar-refractivity contribution is 5.80. The predicted molar refractivity (Wildman–Crippen MR) is 67.3 cm³/mol. The first-order valence-corrected chi connectivity index (χ1v) is 5.96. The number of benzene rings is 1. The van der Waals surface area contributed by atoms with Gasteiger partial charge in [-0.1, -0.05) is 18.2 Å². The third-order valence-corrected chi connectivity index (χ3v) is 2.84. The molecule has 92 valence electrons. The predicted octanol–water partition coefficient (Wildman–Crippen LogP) is 1.47. The lowest BCUT2D eigenvalue weighted by molar-refractivity contribution is 0.305. The Morgan fingerprint density at radius 1 is 1.41 bits per heavy atom. The van der Waals surface area contributed by atoms with Gasteiger partial charge in [0.15, 0.2) is 5.90 Å². The van der Waals surface area contributed by atoms with Crippen molar-refractivity contribution in [2.24, 2.45) is 10.7 Å². The molecule has 17 heavy (non-hydrogen) atoms. The van der Waals surface area contributed by atoms with Crippen molar-refractivity contribution in [3.05, 3.63) is 29.8 Å². The first kappa shape index (κ1) is 11.9. The van der Waals surface area contributed by atoms with Gasteiger partial charge in [0.05, 0.1) is 12.5 Å². The van der Waals surface area contributed by atoms with Gasteiger partial charge in [-0.3, -0.25) is 0 Å². The molecule has 0 saturated carbocycles. The van der Waals surface area contributed by atoms with E-state index in [0.29, 0.717) is 31.2 Å². The number of aromatic hydroxyl groups is 1. The molecule has 0 bridgehead atoms. The van der Waals surface area contributed by atoms with Crippen molar-refractivity contribution < 1.29 is 9.84 Å². The van der Waals surface area contributed by atoms with E-state index in [0.717, 1.165) is 18.4 Å². The lowest BCUT2D eigenvalue weighted by Gasteiger charge is -2.03. The third-order valence-electron chi connectivity index (χ3n) is 2.84. The van der Waals surface area contributed by atoms with E-state index < -0.39 is 0 Å². The van der Waals surface area contributed by atoms with Crippen molar-refractivity contribution in [3.63, 3.8) is 0 Å². The maximum Gasteiger partial charge on any atom is 0.188 e. The lowest BCUT2D eigenvalue weighted by atomic mass is 10.1. The molecule has 0 saturated heterocycles. The molecule has 0 amide bonds. The molecule has 3 N–H and O–H groups in total. The van der Waals surface area contributed by atoms with Crippen molar-refractivity contribution in [2.75, 3.05) is 13.2 Å². The fourth-order valence-electron chi connectivity index (χ4n) is 1.89. The number of phenols is 1. The van der Waals surface area contributed by atoms with Gasteiger partial charge < -0.3 is 15.6 Å².